The van der Waals surface area contributed by atoms with Crippen molar-refractivity contribution in [1.82, 2.24) is 5.32 Å². The zero-order chi connectivity index (χ0) is 17.8. The summed E-state index contributed by atoms with van der Waals surface area (Å²) in [5, 5.41) is 13.7. The molecule has 0 aliphatic rings. The third-order valence-electron chi connectivity index (χ3n) is 3.88. The molecule has 3 aromatic rings. The number of non-ortho nitro benzene ring substituents is 1. The number of benzene rings is 2. The maximum atomic E-state index is 12.6. The van der Waals surface area contributed by atoms with Crippen molar-refractivity contribution < 1.29 is 14.1 Å². The van der Waals surface area contributed by atoms with E-state index in [0.29, 0.717) is 11.1 Å². The summed E-state index contributed by atoms with van der Waals surface area (Å²) >= 11 is 0. The molecule has 0 aliphatic carbocycles. The van der Waals surface area contributed by atoms with Crippen molar-refractivity contribution in [3.63, 3.8) is 0 Å². The first-order chi connectivity index (χ1) is 12.1. The Morgan fingerprint density at radius 1 is 1.12 bits per heavy atom. The van der Waals surface area contributed by atoms with E-state index in [2.05, 4.69) is 5.32 Å². The number of rotatable bonds is 5. The highest BCUT2D eigenvalue weighted by Gasteiger charge is 2.20. The van der Waals surface area contributed by atoms with Crippen molar-refractivity contribution in [2.75, 3.05) is 0 Å². The summed E-state index contributed by atoms with van der Waals surface area (Å²) in [7, 11) is 0. The standard InChI is InChI=1S/C19H16N2O4/c1-13(15-8-5-9-16(12-15)21(23)24)20-19(22)18-17(10-11-25-18)14-6-3-2-4-7-14/h2-13H,1H3,(H,20,22). The predicted molar refractivity (Wildman–Crippen MR) is 93.1 cm³/mol. The number of nitro groups is 1. The third-order valence-corrected chi connectivity index (χ3v) is 3.88. The quantitative estimate of drug-likeness (QED) is 0.554. The number of hydrogen-bond acceptors (Lipinski definition) is 4. The third kappa shape index (κ3) is 3.58. The van der Waals surface area contributed by atoms with Crippen molar-refractivity contribution in [3.05, 3.63) is 88.4 Å². The lowest BCUT2D eigenvalue weighted by molar-refractivity contribution is -0.384. The van der Waals surface area contributed by atoms with Crippen LogP contribution in [-0.4, -0.2) is 10.8 Å². The van der Waals surface area contributed by atoms with Crippen molar-refractivity contribution in [2.45, 2.75) is 13.0 Å². The number of carbonyl (C=O) groups excluding carboxylic acids is 1. The highest BCUT2D eigenvalue weighted by molar-refractivity contribution is 5.98. The van der Waals surface area contributed by atoms with Gasteiger partial charge in [0.15, 0.2) is 5.76 Å². The van der Waals surface area contributed by atoms with Crippen LogP contribution < -0.4 is 5.32 Å². The smallest absolute Gasteiger partial charge is 0.288 e. The number of carbonyl (C=O) groups is 1. The summed E-state index contributed by atoms with van der Waals surface area (Å²) in [4.78, 5) is 23.0. The van der Waals surface area contributed by atoms with Crippen LogP contribution in [0.25, 0.3) is 11.1 Å². The van der Waals surface area contributed by atoms with E-state index in [0.717, 1.165) is 5.56 Å². The molecule has 0 radical (unpaired) electrons. The van der Waals surface area contributed by atoms with Crippen LogP contribution in [0.15, 0.2) is 71.3 Å². The number of amides is 1. The number of nitro benzene ring substituents is 1. The second-order valence-corrected chi connectivity index (χ2v) is 5.58. The van der Waals surface area contributed by atoms with Crippen molar-refractivity contribution in [3.8, 4) is 11.1 Å². The van der Waals surface area contributed by atoms with Gasteiger partial charge in [0.1, 0.15) is 0 Å². The van der Waals surface area contributed by atoms with Crippen LogP contribution in [0.3, 0.4) is 0 Å². The molecule has 1 amide bonds. The van der Waals surface area contributed by atoms with Crippen LogP contribution in [0.5, 0.6) is 0 Å². The van der Waals surface area contributed by atoms with E-state index in [4.69, 9.17) is 4.42 Å². The fraction of sp³-hybridized carbons (Fsp3) is 0.105. The van der Waals surface area contributed by atoms with E-state index in [1.165, 1.54) is 18.4 Å². The average molecular weight is 336 g/mol. The van der Waals surface area contributed by atoms with Gasteiger partial charge in [0.05, 0.1) is 17.2 Å². The van der Waals surface area contributed by atoms with Gasteiger partial charge in [-0.05, 0) is 24.1 Å². The van der Waals surface area contributed by atoms with Gasteiger partial charge < -0.3 is 9.73 Å². The van der Waals surface area contributed by atoms with Gasteiger partial charge in [0.25, 0.3) is 11.6 Å². The number of nitrogens with one attached hydrogen (secondary N) is 1. The SMILES string of the molecule is CC(NC(=O)c1occc1-c1ccccc1)c1cccc([N+](=O)[O-])c1. The lowest BCUT2D eigenvalue weighted by Crippen LogP contribution is -2.26. The first-order valence-corrected chi connectivity index (χ1v) is 7.74. The maximum absolute atomic E-state index is 12.6. The first-order valence-electron chi connectivity index (χ1n) is 7.74. The summed E-state index contributed by atoms with van der Waals surface area (Å²) < 4.78 is 5.36. The average Bonchev–Trinajstić information content (AvgIpc) is 3.12. The Kier molecular flexibility index (Phi) is 4.61. The molecule has 2 aromatic carbocycles. The number of hydrogen-bond donors (Lipinski definition) is 1. The highest BCUT2D eigenvalue weighted by atomic mass is 16.6. The topological polar surface area (TPSA) is 85.4 Å². The summed E-state index contributed by atoms with van der Waals surface area (Å²) in [6, 6.07) is 17.0. The van der Waals surface area contributed by atoms with Gasteiger partial charge in [-0.3, -0.25) is 14.9 Å². The molecule has 3 rings (SSSR count). The fourth-order valence-corrected chi connectivity index (χ4v) is 2.58. The summed E-state index contributed by atoms with van der Waals surface area (Å²) in [5.41, 5.74) is 2.21. The molecule has 0 fully saturated rings. The second kappa shape index (κ2) is 7.00. The van der Waals surface area contributed by atoms with Gasteiger partial charge in [-0.1, -0.05) is 42.5 Å². The normalized spacial score (nSPS) is 11.7. The van der Waals surface area contributed by atoms with E-state index >= 15 is 0 Å². The van der Waals surface area contributed by atoms with E-state index < -0.39 is 11.0 Å². The number of furan rings is 1. The Balaban J connectivity index is 1.80. The zero-order valence-electron chi connectivity index (χ0n) is 13.5. The first kappa shape index (κ1) is 16.4. The van der Waals surface area contributed by atoms with Gasteiger partial charge in [-0.15, -0.1) is 0 Å². The largest absolute Gasteiger partial charge is 0.459 e. The molecule has 1 N–H and O–H groups in total. The van der Waals surface area contributed by atoms with E-state index in [9.17, 15) is 14.9 Å². The van der Waals surface area contributed by atoms with Gasteiger partial charge in [-0.2, -0.15) is 0 Å². The minimum absolute atomic E-state index is 0.0124. The molecule has 0 bridgehead atoms. The van der Waals surface area contributed by atoms with Crippen LogP contribution in [0, 0.1) is 10.1 Å². The molecular formula is C19H16N2O4. The number of nitrogens with zero attached hydrogens (tertiary/aromatic N) is 1. The maximum Gasteiger partial charge on any atom is 0.288 e. The molecule has 0 aliphatic heterocycles. The van der Waals surface area contributed by atoms with Crippen molar-refractivity contribution in [2.24, 2.45) is 0 Å². The van der Waals surface area contributed by atoms with Gasteiger partial charge in [0, 0.05) is 17.7 Å². The van der Waals surface area contributed by atoms with Crippen LogP contribution >= 0.6 is 0 Å². The van der Waals surface area contributed by atoms with Crippen LogP contribution in [0.1, 0.15) is 29.1 Å². The van der Waals surface area contributed by atoms with Crippen LogP contribution in [-0.2, 0) is 0 Å². The molecule has 126 valence electrons. The molecule has 0 spiro atoms. The summed E-state index contributed by atoms with van der Waals surface area (Å²) in [6.45, 7) is 1.77. The minimum atomic E-state index is -0.460. The molecule has 1 atom stereocenters. The monoisotopic (exact) mass is 336 g/mol. The van der Waals surface area contributed by atoms with Gasteiger partial charge in [-0.25, -0.2) is 0 Å². The molecule has 6 heteroatoms. The van der Waals surface area contributed by atoms with Gasteiger partial charge in [0.2, 0.25) is 0 Å². The highest BCUT2D eigenvalue weighted by Crippen LogP contribution is 2.26. The second-order valence-electron chi connectivity index (χ2n) is 5.58. The van der Waals surface area contributed by atoms with E-state index in [1.807, 2.05) is 30.3 Å². The molecule has 1 unspecified atom stereocenters. The van der Waals surface area contributed by atoms with Crippen LogP contribution in [0.4, 0.5) is 5.69 Å². The molecule has 0 saturated heterocycles. The van der Waals surface area contributed by atoms with Crippen molar-refractivity contribution in [1.29, 1.82) is 0 Å². The molecular weight excluding hydrogens is 320 g/mol. The molecule has 1 heterocycles. The Bertz CT molecular complexity index is 903. The Morgan fingerprint density at radius 2 is 1.88 bits per heavy atom. The lowest BCUT2D eigenvalue weighted by Gasteiger charge is -2.14. The van der Waals surface area contributed by atoms with Crippen molar-refractivity contribution >= 4 is 11.6 Å². The Morgan fingerprint density at radius 3 is 2.60 bits per heavy atom. The fourth-order valence-electron chi connectivity index (χ4n) is 2.58. The van der Waals surface area contributed by atoms with Gasteiger partial charge >= 0.3 is 0 Å². The summed E-state index contributed by atoms with van der Waals surface area (Å²) in [5.74, 6) is -0.161. The molecule has 25 heavy (non-hydrogen) atoms. The summed E-state index contributed by atoms with van der Waals surface area (Å²) in [6.07, 6.45) is 1.47. The minimum Gasteiger partial charge on any atom is -0.459 e. The molecule has 0 saturated carbocycles. The molecule has 6 nitrogen and oxygen atoms in total. The Labute approximate surface area is 144 Å². The van der Waals surface area contributed by atoms with E-state index in [-0.39, 0.29) is 17.4 Å². The zero-order valence-corrected chi connectivity index (χ0v) is 13.5. The lowest BCUT2D eigenvalue weighted by atomic mass is 10.0. The van der Waals surface area contributed by atoms with E-state index in [1.54, 1.807) is 25.1 Å². The molecule has 1 aromatic heterocycles. The van der Waals surface area contributed by atoms with Crippen LogP contribution in [0.2, 0.25) is 0 Å². The predicted octanol–water partition coefficient (Wildman–Crippen LogP) is 4.35. The Hall–Kier alpha value is -3.41.